The summed E-state index contributed by atoms with van der Waals surface area (Å²) in [5, 5.41) is 11.8. The fraction of sp³-hybridized carbons (Fsp3) is 0.160. The summed E-state index contributed by atoms with van der Waals surface area (Å²) in [6, 6.07) is 16.7. The molecular formula is C25H18ClF4N5O2. The van der Waals surface area contributed by atoms with Gasteiger partial charge in [0.1, 0.15) is 17.1 Å². The van der Waals surface area contributed by atoms with Crippen LogP contribution in [0, 0.1) is 0 Å². The summed E-state index contributed by atoms with van der Waals surface area (Å²) in [4.78, 5) is 12.6. The summed E-state index contributed by atoms with van der Waals surface area (Å²) in [5.41, 5.74) is -0.310. The van der Waals surface area contributed by atoms with E-state index in [1.165, 1.54) is 18.3 Å². The number of aromatic nitrogens is 4. The second kappa shape index (κ2) is 10.1. The highest BCUT2D eigenvalue weighted by molar-refractivity contribution is 6.32. The molecule has 0 aliphatic carbocycles. The van der Waals surface area contributed by atoms with Gasteiger partial charge in [-0.2, -0.15) is 10.2 Å². The Morgan fingerprint density at radius 3 is 2.57 bits per heavy atom. The van der Waals surface area contributed by atoms with Crippen molar-refractivity contribution in [3.8, 4) is 0 Å². The summed E-state index contributed by atoms with van der Waals surface area (Å²) in [6.45, 7) is 0.0734. The first-order valence-electron chi connectivity index (χ1n) is 11.0. The van der Waals surface area contributed by atoms with Crippen LogP contribution in [0.2, 0.25) is 5.02 Å². The van der Waals surface area contributed by atoms with Gasteiger partial charge in [0.2, 0.25) is 0 Å². The number of nitrogens with zero attached hydrogens (tertiary/aromatic N) is 4. The van der Waals surface area contributed by atoms with Crippen molar-refractivity contribution < 1.29 is 26.8 Å². The molecular weight excluding hydrogens is 514 g/mol. The SMILES string of the molecule is O=C(Nc1cnn(Cc2cccc3ccccc23)c1)c1ccc(Cn2nc(C(F)F)c(Cl)c2C(F)F)o1. The molecule has 0 fully saturated rings. The molecule has 0 radical (unpaired) electrons. The van der Waals surface area contributed by atoms with Crippen LogP contribution in [0.15, 0.2) is 71.4 Å². The maximum atomic E-state index is 13.4. The maximum Gasteiger partial charge on any atom is 0.291 e. The zero-order valence-corrected chi connectivity index (χ0v) is 19.7. The number of benzene rings is 2. The number of anilines is 1. The summed E-state index contributed by atoms with van der Waals surface area (Å²) in [6.07, 6.45) is -3.10. The Hall–Kier alpha value is -4.12. The van der Waals surface area contributed by atoms with Crippen LogP contribution >= 0.6 is 11.6 Å². The van der Waals surface area contributed by atoms with Gasteiger partial charge in [-0.3, -0.25) is 14.2 Å². The third kappa shape index (κ3) is 5.08. The second-order valence-electron chi connectivity index (χ2n) is 8.13. The molecule has 12 heteroatoms. The van der Waals surface area contributed by atoms with Crippen LogP contribution in [0.1, 0.15) is 46.1 Å². The third-order valence-corrected chi connectivity index (χ3v) is 6.05. The molecule has 5 rings (SSSR count). The molecule has 1 amide bonds. The lowest BCUT2D eigenvalue weighted by Gasteiger charge is -2.06. The second-order valence-corrected chi connectivity index (χ2v) is 8.51. The minimum absolute atomic E-state index is 0.0543. The normalized spacial score (nSPS) is 11.6. The van der Waals surface area contributed by atoms with E-state index in [1.807, 2.05) is 42.5 Å². The summed E-state index contributed by atoms with van der Waals surface area (Å²) in [5.74, 6) is -0.654. The first kappa shape index (κ1) is 24.6. The average molecular weight is 532 g/mol. The van der Waals surface area contributed by atoms with Gasteiger partial charge in [-0.25, -0.2) is 17.6 Å². The standard InChI is InChI=1S/C25H18ClF4N5O2/c26-20-21(23(27)28)33-35(22(20)24(29)30)13-17-8-9-19(37-17)25(36)32-16-10-31-34(12-16)11-15-6-3-5-14-4-1-2-7-18(14)15/h1-10,12,23-24H,11,13H2,(H,32,36). The van der Waals surface area contributed by atoms with E-state index in [-0.39, 0.29) is 11.5 Å². The van der Waals surface area contributed by atoms with Crippen molar-refractivity contribution in [2.75, 3.05) is 5.32 Å². The number of furan rings is 1. The van der Waals surface area contributed by atoms with Gasteiger partial charge in [-0.15, -0.1) is 0 Å². The Labute approximate surface area is 212 Å². The van der Waals surface area contributed by atoms with Crippen LogP contribution in [-0.4, -0.2) is 25.5 Å². The highest BCUT2D eigenvalue weighted by atomic mass is 35.5. The van der Waals surface area contributed by atoms with E-state index in [0.717, 1.165) is 16.3 Å². The Kier molecular flexibility index (Phi) is 6.70. The van der Waals surface area contributed by atoms with Crippen molar-refractivity contribution in [1.82, 2.24) is 19.6 Å². The monoisotopic (exact) mass is 531 g/mol. The molecule has 1 N–H and O–H groups in total. The van der Waals surface area contributed by atoms with Gasteiger partial charge in [-0.1, -0.05) is 54.1 Å². The Bertz CT molecular complexity index is 1570. The third-order valence-electron chi connectivity index (χ3n) is 5.66. The average Bonchev–Trinajstić information content (AvgIpc) is 3.59. The minimum atomic E-state index is -3.13. The van der Waals surface area contributed by atoms with Gasteiger partial charge in [0.25, 0.3) is 18.8 Å². The molecule has 3 heterocycles. The Morgan fingerprint density at radius 2 is 1.78 bits per heavy atom. The zero-order chi connectivity index (χ0) is 26.1. The van der Waals surface area contributed by atoms with Crippen molar-refractivity contribution in [2.45, 2.75) is 25.9 Å². The quantitative estimate of drug-likeness (QED) is 0.226. The summed E-state index contributed by atoms with van der Waals surface area (Å²) < 4.78 is 60.6. The van der Waals surface area contributed by atoms with E-state index >= 15 is 0 Å². The smallest absolute Gasteiger partial charge is 0.291 e. The van der Waals surface area contributed by atoms with Crippen molar-refractivity contribution in [3.63, 3.8) is 0 Å². The van der Waals surface area contributed by atoms with Crippen LogP contribution in [0.25, 0.3) is 10.8 Å². The maximum absolute atomic E-state index is 13.4. The molecule has 0 saturated heterocycles. The number of hydrogen-bond acceptors (Lipinski definition) is 4. The van der Waals surface area contributed by atoms with Gasteiger partial charge in [0.15, 0.2) is 5.76 Å². The number of hydrogen-bond donors (Lipinski definition) is 1. The topological polar surface area (TPSA) is 77.9 Å². The van der Waals surface area contributed by atoms with Crippen molar-refractivity contribution in [2.24, 2.45) is 0 Å². The Balaban J connectivity index is 1.27. The van der Waals surface area contributed by atoms with E-state index < -0.39 is 41.7 Å². The molecule has 37 heavy (non-hydrogen) atoms. The van der Waals surface area contributed by atoms with Gasteiger partial charge in [0, 0.05) is 6.20 Å². The number of alkyl halides is 4. The minimum Gasteiger partial charge on any atom is -0.454 e. The predicted molar refractivity (Wildman–Crippen MR) is 128 cm³/mol. The number of carbonyl (C=O) groups is 1. The first-order valence-corrected chi connectivity index (χ1v) is 11.4. The number of nitrogens with one attached hydrogen (secondary N) is 1. The zero-order valence-electron chi connectivity index (χ0n) is 18.9. The van der Waals surface area contributed by atoms with Gasteiger partial charge in [0.05, 0.1) is 30.0 Å². The van der Waals surface area contributed by atoms with Crippen LogP contribution in [0.4, 0.5) is 23.2 Å². The largest absolute Gasteiger partial charge is 0.454 e. The molecule has 190 valence electrons. The lowest BCUT2D eigenvalue weighted by molar-refractivity contribution is 0.0994. The molecule has 0 spiro atoms. The van der Waals surface area contributed by atoms with E-state index in [4.69, 9.17) is 16.0 Å². The van der Waals surface area contributed by atoms with Crippen molar-refractivity contribution in [3.05, 3.63) is 100 Å². The summed E-state index contributed by atoms with van der Waals surface area (Å²) >= 11 is 5.67. The molecule has 0 aliphatic heterocycles. The van der Waals surface area contributed by atoms with Gasteiger partial charge in [-0.05, 0) is 28.5 Å². The van der Waals surface area contributed by atoms with Crippen LogP contribution in [0.3, 0.4) is 0 Å². The van der Waals surface area contributed by atoms with Crippen molar-refractivity contribution >= 4 is 34.0 Å². The van der Waals surface area contributed by atoms with E-state index in [9.17, 15) is 22.4 Å². The molecule has 0 aliphatic rings. The molecule has 3 aromatic heterocycles. The number of halogens is 5. The van der Waals surface area contributed by atoms with Crippen LogP contribution < -0.4 is 5.32 Å². The lowest BCUT2D eigenvalue weighted by atomic mass is 10.0. The molecule has 7 nitrogen and oxygen atoms in total. The lowest BCUT2D eigenvalue weighted by Crippen LogP contribution is -2.10. The molecule has 2 aromatic carbocycles. The highest BCUT2D eigenvalue weighted by Gasteiger charge is 2.28. The fourth-order valence-corrected chi connectivity index (χ4v) is 4.29. The fourth-order valence-electron chi connectivity index (χ4n) is 3.99. The molecule has 0 unspecified atom stereocenters. The number of fused-ring (bicyclic) bond motifs is 1. The van der Waals surface area contributed by atoms with Crippen LogP contribution in [0.5, 0.6) is 0 Å². The van der Waals surface area contributed by atoms with E-state index in [2.05, 4.69) is 15.5 Å². The van der Waals surface area contributed by atoms with Gasteiger partial charge < -0.3 is 9.73 Å². The molecule has 0 bridgehead atoms. The number of carbonyl (C=O) groups excluding carboxylic acids is 1. The number of amides is 1. The molecule has 5 aromatic rings. The molecule has 0 atom stereocenters. The molecule has 0 saturated carbocycles. The van der Waals surface area contributed by atoms with E-state index in [0.29, 0.717) is 16.9 Å². The van der Waals surface area contributed by atoms with Crippen molar-refractivity contribution in [1.29, 1.82) is 0 Å². The first-order chi connectivity index (χ1) is 17.8. The van der Waals surface area contributed by atoms with Crippen LogP contribution in [-0.2, 0) is 13.1 Å². The highest BCUT2D eigenvalue weighted by Crippen LogP contribution is 2.35. The predicted octanol–water partition coefficient (Wildman–Crippen LogP) is 6.70. The summed E-state index contributed by atoms with van der Waals surface area (Å²) in [7, 11) is 0. The number of rotatable bonds is 8. The Morgan fingerprint density at radius 1 is 1.00 bits per heavy atom. The van der Waals surface area contributed by atoms with Gasteiger partial charge >= 0.3 is 0 Å². The van der Waals surface area contributed by atoms with E-state index in [1.54, 1.807) is 10.9 Å².